The van der Waals surface area contributed by atoms with Gasteiger partial charge in [0.15, 0.2) is 5.96 Å². The fourth-order valence-corrected chi connectivity index (χ4v) is 4.37. The molecular formula is C20H35IN4O2S. The predicted octanol–water partition coefficient (Wildman–Crippen LogP) is 3.19. The average Bonchev–Trinajstić information content (AvgIpc) is 2.65. The molecule has 0 amide bonds. The zero-order chi connectivity index (χ0) is 19.9. The minimum Gasteiger partial charge on any atom is -0.352 e. The van der Waals surface area contributed by atoms with E-state index in [9.17, 15) is 8.42 Å². The van der Waals surface area contributed by atoms with Crippen LogP contribution in [-0.4, -0.2) is 47.0 Å². The molecule has 0 saturated heterocycles. The maximum Gasteiger partial charge on any atom is 0.215 e. The second-order valence-electron chi connectivity index (χ2n) is 7.69. The first-order chi connectivity index (χ1) is 12.8. The summed E-state index contributed by atoms with van der Waals surface area (Å²) in [6, 6.07) is 7.65. The van der Waals surface area contributed by atoms with Crippen LogP contribution < -0.4 is 10.0 Å². The van der Waals surface area contributed by atoms with Crippen molar-refractivity contribution in [1.82, 2.24) is 14.9 Å². The van der Waals surface area contributed by atoms with E-state index in [1.54, 1.807) is 0 Å². The standard InChI is InChI=1S/C20H34N4O2S.HI/c1-16-5-7-18(8-6-16)14-24(4)20(21-2)23-13-17-9-11-19(12-10-17)15-27(25,26)22-3;/h9-12,16,18,22H,5-8,13-15H2,1-4H3,(H,21,23);1H. The topological polar surface area (TPSA) is 73.8 Å². The first-order valence-corrected chi connectivity index (χ1v) is 11.4. The van der Waals surface area contributed by atoms with Crippen molar-refractivity contribution in [3.63, 3.8) is 0 Å². The number of halogens is 1. The van der Waals surface area contributed by atoms with Crippen LogP contribution >= 0.6 is 24.0 Å². The number of benzene rings is 1. The van der Waals surface area contributed by atoms with Gasteiger partial charge in [0.2, 0.25) is 10.0 Å². The van der Waals surface area contributed by atoms with Crippen LogP contribution in [0, 0.1) is 11.8 Å². The van der Waals surface area contributed by atoms with E-state index in [1.165, 1.54) is 32.7 Å². The predicted molar refractivity (Wildman–Crippen MR) is 127 cm³/mol. The third kappa shape index (κ3) is 8.24. The molecule has 1 aromatic carbocycles. The molecule has 0 aliphatic heterocycles. The summed E-state index contributed by atoms with van der Waals surface area (Å²) in [7, 11) is 2.11. The van der Waals surface area contributed by atoms with Crippen molar-refractivity contribution in [3.8, 4) is 0 Å². The van der Waals surface area contributed by atoms with Gasteiger partial charge in [-0.15, -0.1) is 24.0 Å². The summed E-state index contributed by atoms with van der Waals surface area (Å²) in [5.41, 5.74) is 1.88. The Morgan fingerprint density at radius 3 is 2.25 bits per heavy atom. The van der Waals surface area contributed by atoms with E-state index in [-0.39, 0.29) is 29.7 Å². The Labute approximate surface area is 187 Å². The molecular weight excluding hydrogens is 487 g/mol. The molecule has 0 heterocycles. The summed E-state index contributed by atoms with van der Waals surface area (Å²) in [6.07, 6.45) is 5.28. The summed E-state index contributed by atoms with van der Waals surface area (Å²) in [5, 5.41) is 3.41. The molecule has 0 radical (unpaired) electrons. The molecule has 0 atom stereocenters. The van der Waals surface area contributed by atoms with Crippen molar-refractivity contribution < 1.29 is 8.42 Å². The average molecular weight is 522 g/mol. The highest BCUT2D eigenvalue weighted by atomic mass is 127. The molecule has 0 aromatic heterocycles. The van der Waals surface area contributed by atoms with Crippen LogP contribution in [0.5, 0.6) is 0 Å². The van der Waals surface area contributed by atoms with E-state index in [0.29, 0.717) is 6.54 Å². The number of hydrogen-bond donors (Lipinski definition) is 2. The number of nitrogens with one attached hydrogen (secondary N) is 2. The summed E-state index contributed by atoms with van der Waals surface area (Å²) in [4.78, 5) is 6.62. The van der Waals surface area contributed by atoms with Crippen LogP contribution in [0.3, 0.4) is 0 Å². The van der Waals surface area contributed by atoms with Gasteiger partial charge in [-0.05, 0) is 42.9 Å². The van der Waals surface area contributed by atoms with Gasteiger partial charge in [-0.2, -0.15) is 0 Å². The van der Waals surface area contributed by atoms with Crippen molar-refractivity contribution in [3.05, 3.63) is 35.4 Å². The van der Waals surface area contributed by atoms with E-state index in [1.807, 2.05) is 31.3 Å². The number of guanidine groups is 1. The maximum atomic E-state index is 11.6. The van der Waals surface area contributed by atoms with Crippen LogP contribution in [0.2, 0.25) is 0 Å². The molecule has 8 heteroatoms. The molecule has 28 heavy (non-hydrogen) atoms. The number of nitrogens with zero attached hydrogens (tertiary/aromatic N) is 2. The molecule has 2 N–H and O–H groups in total. The van der Waals surface area contributed by atoms with Gasteiger partial charge in [-0.25, -0.2) is 13.1 Å². The van der Waals surface area contributed by atoms with Crippen LogP contribution in [0.1, 0.15) is 43.7 Å². The van der Waals surface area contributed by atoms with Crippen molar-refractivity contribution in [1.29, 1.82) is 0 Å². The molecule has 0 bridgehead atoms. The molecule has 1 saturated carbocycles. The van der Waals surface area contributed by atoms with E-state index in [0.717, 1.165) is 35.5 Å². The second-order valence-corrected chi connectivity index (χ2v) is 9.61. The number of rotatable bonds is 7. The van der Waals surface area contributed by atoms with Crippen molar-refractivity contribution in [2.45, 2.75) is 44.9 Å². The minimum atomic E-state index is -3.24. The van der Waals surface area contributed by atoms with Gasteiger partial charge < -0.3 is 10.2 Å². The van der Waals surface area contributed by atoms with Crippen molar-refractivity contribution in [2.24, 2.45) is 16.8 Å². The van der Waals surface area contributed by atoms with Crippen molar-refractivity contribution in [2.75, 3.05) is 27.7 Å². The highest BCUT2D eigenvalue weighted by molar-refractivity contribution is 14.0. The van der Waals surface area contributed by atoms with Gasteiger partial charge in [0.25, 0.3) is 0 Å². The third-order valence-corrected chi connectivity index (χ3v) is 6.72. The van der Waals surface area contributed by atoms with Gasteiger partial charge in [-0.1, -0.05) is 44.0 Å². The molecule has 1 aliphatic carbocycles. The smallest absolute Gasteiger partial charge is 0.215 e. The highest BCUT2D eigenvalue weighted by Gasteiger charge is 2.20. The summed E-state index contributed by atoms with van der Waals surface area (Å²) in [6.45, 7) is 4.05. The van der Waals surface area contributed by atoms with Crippen LogP contribution in [-0.2, 0) is 22.3 Å². The van der Waals surface area contributed by atoms with Crippen LogP contribution in [0.15, 0.2) is 29.3 Å². The minimum absolute atomic E-state index is 0. The van der Waals surface area contributed by atoms with Crippen LogP contribution in [0.25, 0.3) is 0 Å². The Balaban J connectivity index is 0.00000392. The molecule has 1 aliphatic rings. The third-order valence-electron chi connectivity index (χ3n) is 5.38. The number of hydrogen-bond acceptors (Lipinski definition) is 3. The van der Waals surface area contributed by atoms with Gasteiger partial charge in [0.05, 0.1) is 5.75 Å². The molecule has 2 rings (SSSR count). The number of aliphatic imine (C=N–C) groups is 1. The zero-order valence-electron chi connectivity index (χ0n) is 17.4. The quantitative estimate of drug-likeness (QED) is 0.328. The Kier molecular flexibility index (Phi) is 10.8. The SMILES string of the molecule is CN=C(NCc1ccc(CS(=O)(=O)NC)cc1)N(C)CC1CCC(C)CC1.I. The summed E-state index contributed by atoms with van der Waals surface area (Å²) < 4.78 is 25.6. The zero-order valence-corrected chi connectivity index (χ0v) is 20.6. The molecule has 1 fully saturated rings. The molecule has 1 aromatic rings. The Hall–Kier alpha value is -0.870. The lowest BCUT2D eigenvalue weighted by Crippen LogP contribution is -2.41. The Morgan fingerprint density at radius 1 is 1.14 bits per heavy atom. The fraction of sp³-hybridized carbons (Fsp3) is 0.650. The molecule has 6 nitrogen and oxygen atoms in total. The lowest BCUT2D eigenvalue weighted by atomic mass is 9.83. The number of sulfonamides is 1. The van der Waals surface area contributed by atoms with E-state index in [4.69, 9.17) is 0 Å². The lowest BCUT2D eigenvalue weighted by Gasteiger charge is -2.31. The molecule has 0 unspecified atom stereocenters. The maximum absolute atomic E-state index is 11.6. The van der Waals surface area contributed by atoms with Gasteiger partial charge in [0.1, 0.15) is 0 Å². The molecule has 160 valence electrons. The lowest BCUT2D eigenvalue weighted by molar-refractivity contribution is 0.250. The monoisotopic (exact) mass is 522 g/mol. The summed E-state index contributed by atoms with van der Waals surface area (Å²) >= 11 is 0. The van der Waals surface area contributed by atoms with Gasteiger partial charge in [0, 0.05) is 27.2 Å². The van der Waals surface area contributed by atoms with E-state index >= 15 is 0 Å². The Bertz CT molecular complexity index is 714. The molecule has 0 spiro atoms. The van der Waals surface area contributed by atoms with E-state index in [2.05, 4.69) is 33.9 Å². The van der Waals surface area contributed by atoms with Gasteiger partial charge in [-0.3, -0.25) is 4.99 Å². The first-order valence-electron chi connectivity index (χ1n) is 9.73. The fourth-order valence-electron chi connectivity index (χ4n) is 3.60. The second kappa shape index (κ2) is 12.0. The first kappa shape index (κ1) is 25.2. The normalized spacial score (nSPS) is 20.4. The van der Waals surface area contributed by atoms with Crippen molar-refractivity contribution >= 4 is 40.0 Å². The largest absolute Gasteiger partial charge is 0.352 e. The highest BCUT2D eigenvalue weighted by Crippen LogP contribution is 2.28. The Morgan fingerprint density at radius 2 is 1.71 bits per heavy atom. The van der Waals surface area contributed by atoms with Crippen LogP contribution in [0.4, 0.5) is 0 Å². The van der Waals surface area contributed by atoms with Gasteiger partial charge >= 0.3 is 0 Å². The van der Waals surface area contributed by atoms with E-state index < -0.39 is 10.0 Å². The summed E-state index contributed by atoms with van der Waals surface area (Å²) in [5.74, 6) is 2.52.